The van der Waals surface area contributed by atoms with Gasteiger partial charge in [0.15, 0.2) is 11.6 Å². The van der Waals surface area contributed by atoms with Crippen molar-refractivity contribution in [3.8, 4) is 22.6 Å². The van der Waals surface area contributed by atoms with Crippen LogP contribution in [-0.4, -0.2) is 115 Å². The van der Waals surface area contributed by atoms with E-state index in [1.165, 1.54) is 29.8 Å². The number of aromatic nitrogens is 6. The largest absolute Gasteiger partial charge is 0.482 e. The van der Waals surface area contributed by atoms with Gasteiger partial charge >= 0.3 is 0 Å². The Morgan fingerprint density at radius 2 is 1.72 bits per heavy atom. The minimum absolute atomic E-state index is 0.222. The Balaban J connectivity index is 0.719. The molecule has 17 heteroatoms. The molecule has 7 heterocycles. The van der Waals surface area contributed by atoms with Crippen LogP contribution in [0.4, 0.5) is 15.9 Å². The van der Waals surface area contributed by atoms with Gasteiger partial charge in [0, 0.05) is 85.5 Å². The van der Waals surface area contributed by atoms with Crippen molar-refractivity contribution in [1.82, 2.24) is 50.2 Å². The predicted octanol–water partition coefficient (Wildman–Crippen LogP) is 4.16. The maximum absolute atomic E-state index is 14.3. The number of nitrogen functional groups attached to an aromatic ring is 1. The molecule has 1 unspecified atom stereocenters. The Morgan fingerprint density at radius 1 is 0.934 bits per heavy atom. The lowest BCUT2D eigenvalue weighted by atomic mass is 9.92. The van der Waals surface area contributed by atoms with Gasteiger partial charge in [-0.1, -0.05) is 6.07 Å². The summed E-state index contributed by atoms with van der Waals surface area (Å²) in [6.45, 7) is 9.09. The molecular weight excluding hydrogens is 780 g/mol. The summed E-state index contributed by atoms with van der Waals surface area (Å²) in [7, 11) is 0. The first-order valence-electron chi connectivity index (χ1n) is 21.2. The molecule has 318 valence electrons. The van der Waals surface area contributed by atoms with Crippen LogP contribution >= 0.6 is 0 Å². The maximum Gasteiger partial charge on any atom is 0.252 e. The van der Waals surface area contributed by atoms with Gasteiger partial charge in [0.2, 0.25) is 11.8 Å². The normalized spacial score (nSPS) is 20.3. The Morgan fingerprint density at radius 3 is 2.49 bits per heavy atom. The minimum Gasteiger partial charge on any atom is -0.482 e. The number of piperidine rings is 3. The molecule has 4 saturated heterocycles. The number of pyridine rings is 1. The second kappa shape index (κ2) is 17.4. The summed E-state index contributed by atoms with van der Waals surface area (Å²) in [5.41, 5.74) is 10.7. The van der Waals surface area contributed by atoms with E-state index in [0.29, 0.717) is 47.0 Å². The third-order valence-corrected chi connectivity index (χ3v) is 12.7. The first kappa shape index (κ1) is 40.2. The molecule has 0 aliphatic carbocycles. The lowest BCUT2D eigenvalue weighted by Gasteiger charge is -2.49. The monoisotopic (exact) mass is 830 g/mol. The molecule has 2 atom stereocenters. The van der Waals surface area contributed by atoms with E-state index in [4.69, 9.17) is 15.6 Å². The van der Waals surface area contributed by atoms with Crippen LogP contribution in [0.2, 0.25) is 0 Å². The highest BCUT2D eigenvalue weighted by molar-refractivity contribution is 6.04. The van der Waals surface area contributed by atoms with Crippen LogP contribution in [-0.2, 0) is 9.59 Å². The molecule has 3 amide bonds. The molecule has 0 spiro atoms. The molecule has 9 rings (SSSR count). The summed E-state index contributed by atoms with van der Waals surface area (Å²) >= 11 is 0. The summed E-state index contributed by atoms with van der Waals surface area (Å²) in [5.74, 6) is -0.125. The zero-order valence-electron chi connectivity index (χ0n) is 34.2. The predicted molar refractivity (Wildman–Crippen MR) is 225 cm³/mol. The van der Waals surface area contributed by atoms with Gasteiger partial charge in [-0.25, -0.2) is 9.37 Å². The molecular formula is C44H51FN12O4. The minimum atomic E-state index is -0.695. The van der Waals surface area contributed by atoms with Gasteiger partial charge in [-0.3, -0.25) is 29.3 Å². The summed E-state index contributed by atoms with van der Waals surface area (Å²) in [6.07, 6.45) is 13.2. The molecule has 4 N–H and O–H groups in total. The van der Waals surface area contributed by atoms with Crippen molar-refractivity contribution in [2.45, 2.75) is 69.7 Å². The van der Waals surface area contributed by atoms with Crippen molar-refractivity contribution in [2.75, 3.05) is 56.4 Å². The van der Waals surface area contributed by atoms with Crippen LogP contribution in [0.15, 0.2) is 79.5 Å². The van der Waals surface area contributed by atoms with Gasteiger partial charge in [0.1, 0.15) is 18.0 Å². The van der Waals surface area contributed by atoms with Crippen LogP contribution in [0.25, 0.3) is 16.8 Å². The van der Waals surface area contributed by atoms with Crippen LogP contribution in [0.3, 0.4) is 0 Å². The average molecular weight is 831 g/mol. The van der Waals surface area contributed by atoms with Gasteiger partial charge in [0.05, 0.1) is 30.3 Å². The fourth-order valence-electron chi connectivity index (χ4n) is 9.07. The number of anilines is 2. The van der Waals surface area contributed by atoms with Crippen molar-refractivity contribution in [2.24, 2.45) is 5.92 Å². The molecule has 0 bridgehead atoms. The van der Waals surface area contributed by atoms with E-state index in [-0.39, 0.29) is 29.9 Å². The quantitative estimate of drug-likeness (QED) is 0.153. The van der Waals surface area contributed by atoms with Crippen LogP contribution in [0.1, 0.15) is 73.5 Å². The topological polar surface area (TPSA) is 182 Å². The van der Waals surface area contributed by atoms with E-state index in [2.05, 4.69) is 51.4 Å². The zero-order valence-corrected chi connectivity index (χ0v) is 34.2. The molecule has 5 aromatic rings. The van der Waals surface area contributed by atoms with Crippen molar-refractivity contribution in [3.05, 3.63) is 96.5 Å². The number of imide groups is 1. The number of nitrogens with one attached hydrogen (secondary N) is 2. The Bertz CT molecular complexity index is 2370. The Labute approximate surface area is 353 Å². The number of hydrogen-bond donors (Lipinski definition) is 3. The standard InChI is InChI=1S/C44H51FN12O4/c1-28(37-21-33(45)5-7-39(37)57-48-13-14-49-57)61-40-20-31(22-47-42(40)46)32-23-50-56(25-32)34-11-15-53(16-12-34)24-29-9-17-54(18-10-29)36-26-55(27-36)35-4-2-3-30(19-35)43(59)51-38-6-8-41(58)52-44(38)60/h2-5,7,13-14,19-23,25,28-29,34,36,38H,6,8-12,15-18,24,26-27H2,1H3,(H2,46,47)(H,51,59)(H,52,58,60)/t28-,38?/m1/s1. The Kier molecular flexibility index (Phi) is 11.5. The van der Waals surface area contributed by atoms with Gasteiger partial charge < -0.3 is 25.6 Å². The third kappa shape index (κ3) is 8.98. The first-order valence-corrected chi connectivity index (χ1v) is 21.2. The number of hydrogen-bond acceptors (Lipinski definition) is 12. The van der Waals surface area contributed by atoms with Gasteiger partial charge in [-0.2, -0.15) is 20.1 Å². The lowest BCUT2D eigenvalue weighted by molar-refractivity contribution is -0.134. The number of rotatable bonds is 12. The second-order valence-electron chi connectivity index (χ2n) is 16.7. The first-order chi connectivity index (χ1) is 29.6. The van der Waals surface area contributed by atoms with Gasteiger partial charge in [-0.05, 0) is 100 Å². The number of carbonyl (C=O) groups excluding carboxylic acids is 3. The molecule has 4 fully saturated rings. The van der Waals surface area contributed by atoms with E-state index >= 15 is 0 Å². The van der Waals surface area contributed by atoms with Crippen molar-refractivity contribution < 1.29 is 23.5 Å². The smallest absolute Gasteiger partial charge is 0.252 e. The molecule has 4 aliphatic heterocycles. The van der Waals surface area contributed by atoms with Crippen molar-refractivity contribution >= 4 is 29.2 Å². The molecule has 0 radical (unpaired) electrons. The number of nitrogens with two attached hydrogens (primary N) is 1. The summed E-state index contributed by atoms with van der Waals surface area (Å²) in [5, 5.41) is 18.2. The third-order valence-electron chi connectivity index (χ3n) is 12.7. The highest BCUT2D eigenvalue weighted by atomic mass is 19.1. The number of benzene rings is 2. The number of likely N-dealkylation sites (tertiary alicyclic amines) is 2. The van der Waals surface area contributed by atoms with Crippen LogP contribution < -0.4 is 26.0 Å². The van der Waals surface area contributed by atoms with Crippen LogP contribution in [0, 0.1) is 11.7 Å². The summed E-state index contributed by atoms with van der Waals surface area (Å²) in [4.78, 5) is 49.9. The van der Waals surface area contributed by atoms with E-state index < -0.39 is 18.1 Å². The van der Waals surface area contributed by atoms with Crippen LogP contribution in [0.5, 0.6) is 5.75 Å². The number of halogens is 1. The number of ether oxygens (including phenoxy) is 1. The molecule has 2 aromatic carbocycles. The fourth-order valence-corrected chi connectivity index (χ4v) is 9.07. The highest BCUT2D eigenvalue weighted by Crippen LogP contribution is 2.34. The van der Waals surface area contributed by atoms with E-state index in [0.717, 1.165) is 75.5 Å². The average Bonchev–Trinajstić information content (AvgIpc) is 3.97. The number of amides is 3. The lowest BCUT2D eigenvalue weighted by Crippen LogP contribution is -2.61. The van der Waals surface area contributed by atoms with E-state index in [9.17, 15) is 18.8 Å². The number of nitrogens with zero attached hydrogens (tertiary/aromatic N) is 9. The highest BCUT2D eigenvalue weighted by Gasteiger charge is 2.35. The number of carbonyl (C=O) groups is 3. The van der Waals surface area contributed by atoms with Crippen molar-refractivity contribution in [1.29, 1.82) is 0 Å². The summed E-state index contributed by atoms with van der Waals surface area (Å²) < 4.78 is 22.7. The second-order valence-corrected chi connectivity index (χ2v) is 16.7. The van der Waals surface area contributed by atoms with E-state index in [1.807, 2.05) is 37.4 Å². The molecule has 61 heavy (non-hydrogen) atoms. The van der Waals surface area contributed by atoms with Gasteiger partial charge in [-0.15, -0.1) is 0 Å². The van der Waals surface area contributed by atoms with Gasteiger partial charge in [0.25, 0.3) is 5.91 Å². The molecule has 16 nitrogen and oxygen atoms in total. The molecule has 3 aromatic heterocycles. The Hall–Kier alpha value is -6.20. The fraction of sp³-hybridized carbons (Fsp3) is 0.432. The molecule has 4 aliphatic rings. The maximum atomic E-state index is 14.3. The zero-order chi connectivity index (χ0) is 42.0. The van der Waals surface area contributed by atoms with Crippen molar-refractivity contribution in [3.63, 3.8) is 0 Å². The SMILES string of the molecule is C[C@@H](Oc1cc(-c2cnn(C3CCN(CC4CCN(C5CN(c6cccc(C(=O)NC7CCC(=O)NC7=O)c6)C5)CC4)CC3)c2)cnc1N)c1cc(F)ccc1-n1nccn1. The summed E-state index contributed by atoms with van der Waals surface area (Å²) in [6, 6.07) is 13.9. The molecule has 0 saturated carbocycles. The van der Waals surface area contributed by atoms with E-state index in [1.54, 1.807) is 30.7 Å².